The van der Waals surface area contributed by atoms with E-state index in [-0.39, 0.29) is 35.2 Å². The van der Waals surface area contributed by atoms with E-state index in [0.29, 0.717) is 54.9 Å². The zero-order chi connectivity index (χ0) is 23.8. The molecule has 33 heavy (non-hydrogen) atoms. The lowest BCUT2D eigenvalue weighted by molar-refractivity contribution is -0.127. The molecule has 3 atom stereocenters. The molecular formula is C24H34BrN3O4S. The number of carbonyl (C=O) groups excluding carboxylic acids is 2. The largest absolute Gasteiger partial charge is 0.353 e. The average molecular weight is 541 g/mol. The molecule has 1 aromatic rings. The van der Waals surface area contributed by atoms with E-state index in [0.717, 1.165) is 24.8 Å². The summed E-state index contributed by atoms with van der Waals surface area (Å²) in [7, 11) is -3.81. The van der Waals surface area contributed by atoms with Gasteiger partial charge >= 0.3 is 0 Å². The van der Waals surface area contributed by atoms with Gasteiger partial charge in [0.05, 0.1) is 10.8 Å². The Morgan fingerprint density at radius 1 is 1.12 bits per heavy atom. The molecule has 1 aromatic carbocycles. The van der Waals surface area contributed by atoms with E-state index in [9.17, 15) is 18.0 Å². The van der Waals surface area contributed by atoms with E-state index in [1.165, 1.54) is 10.7 Å². The molecule has 0 unspecified atom stereocenters. The summed E-state index contributed by atoms with van der Waals surface area (Å²) in [5.74, 6) is 0.0868. The highest BCUT2D eigenvalue weighted by molar-refractivity contribution is 9.10. The number of sulfonamides is 1. The van der Waals surface area contributed by atoms with Gasteiger partial charge in [0.15, 0.2) is 0 Å². The first kappa shape index (κ1) is 24.7. The molecule has 0 bridgehead atoms. The van der Waals surface area contributed by atoms with Gasteiger partial charge in [0.1, 0.15) is 0 Å². The van der Waals surface area contributed by atoms with Gasteiger partial charge < -0.3 is 10.2 Å². The lowest BCUT2D eigenvalue weighted by Gasteiger charge is -2.34. The molecule has 3 aliphatic rings. The second-order valence-electron chi connectivity index (χ2n) is 9.64. The van der Waals surface area contributed by atoms with Gasteiger partial charge in [-0.3, -0.25) is 9.59 Å². The monoisotopic (exact) mass is 539 g/mol. The Balaban J connectivity index is 1.52. The molecule has 1 aliphatic carbocycles. The average Bonchev–Trinajstić information content (AvgIpc) is 3.22. The maximum absolute atomic E-state index is 13.6. The fourth-order valence-electron chi connectivity index (χ4n) is 5.38. The van der Waals surface area contributed by atoms with Crippen molar-refractivity contribution in [3.8, 4) is 0 Å². The van der Waals surface area contributed by atoms with Gasteiger partial charge in [0, 0.05) is 42.3 Å². The van der Waals surface area contributed by atoms with E-state index >= 15 is 0 Å². The number of piperidine rings is 1. The van der Waals surface area contributed by atoms with Crippen molar-refractivity contribution in [2.75, 3.05) is 24.5 Å². The van der Waals surface area contributed by atoms with Crippen molar-refractivity contribution in [1.82, 2.24) is 9.62 Å². The van der Waals surface area contributed by atoms with Gasteiger partial charge in [-0.25, -0.2) is 8.42 Å². The molecule has 7 nitrogen and oxygen atoms in total. The smallest absolute Gasteiger partial charge is 0.244 e. The molecular weight excluding hydrogens is 506 g/mol. The molecule has 0 aromatic heterocycles. The van der Waals surface area contributed by atoms with Crippen molar-refractivity contribution in [3.63, 3.8) is 0 Å². The highest BCUT2D eigenvalue weighted by Crippen LogP contribution is 2.37. The van der Waals surface area contributed by atoms with Crippen LogP contribution < -0.4 is 10.2 Å². The fourth-order valence-corrected chi connectivity index (χ4v) is 7.97. The lowest BCUT2D eigenvalue weighted by atomic mass is 9.85. The van der Waals surface area contributed by atoms with Crippen LogP contribution >= 0.6 is 15.9 Å². The van der Waals surface area contributed by atoms with Crippen LogP contribution in [0.15, 0.2) is 21.5 Å². The topological polar surface area (TPSA) is 86.8 Å². The molecule has 0 radical (unpaired) electrons. The maximum Gasteiger partial charge on any atom is 0.244 e. The number of anilines is 1. The first-order valence-electron chi connectivity index (χ1n) is 12.2. The van der Waals surface area contributed by atoms with Crippen LogP contribution in [-0.4, -0.2) is 50.2 Å². The van der Waals surface area contributed by atoms with Crippen LogP contribution in [0.25, 0.3) is 0 Å². The van der Waals surface area contributed by atoms with Gasteiger partial charge in [-0.05, 0) is 71.6 Å². The number of rotatable bonds is 5. The van der Waals surface area contributed by atoms with Gasteiger partial charge in [0.25, 0.3) is 0 Å². The number of nitrogens with one attached hydrogen (secondary N) is 1. The molecule has 4 rings (SSSR count). The van der Waals surface area contributed by atoms with E-state index < -0.39 is 10.0 Å². The maximum atomic E-state index is 13.6. The normalized spacial score (nSPS) is 26.2. The van der Waals surface area contributed by atoms with E-state index in [1.54, 1.807) is 11.0 Å². The minimum atomic E-state index is -3.81. The Kier molecular flexibility index (Phi) is 7.50. The van der Waals surface area contributed by atoms with Crippen LogP contribution in [0.4, 0.5) is 5.69 Å². The number of benzene rings is 1. The van der Waals surface area contributed by atoms with Crippen molar-refractivity contribution in [2.45, 2.75) is 76.2 Å². The predicted molar refractivity (Wildman–Crippen MR) is 132 cm³/mol. The molecule has 2 aliphatic heterocycles. The lowest BCUT2D eigenvalue weighted by Crippen LogP contribution is -2.49. The minimum Gasteiger partial charge on any atom is -0.353 e. The summed E-state index contributed by atoms with van der Waals surface area (Å²) in [5, 5.41) is 3.21. The molecule has 1 saturated carbocycles. The Labute approximate surface area is 205 Å². The standard InChI is InChI=1S/C24H34BrN3O4S/c1-3-23(29)28-12-10-17-13-19(25)22(14-21(17)28)33(31,32)27-11-6-8-18(15-27)24(30)26-20-9-5-4-7-16(20)2/h13-14,16,18,20H,3-12,15H2,1-2H3,(H,26,30)/t16-,18-,20-/m0/s1. The van der Waals surface area contributed by atoms with E-state index in [1.807, 2.05) is 13.0 Å². The number of carbonyl (C=O) groups is 2. The number of hydrogen-bond donors (Lipinski definition) is 1. The van der Waals surface area contributed by atoms with Crippen molar-refractivity contribution >= 4 is 43.5 Å². The number of halogens is 1. The second-order valence-corrected chi connectivity index (χ2v) is 12.4. The molecule has 2 amide bonds. The molecule has 9 heteroatoms. The minimum absolute atomic E-state index is 0.00827. The summed E-state index contributed by atoms with van der Waals surface area (Å²) < 4.78 is 29.2. The SMILES string of the molecule is CCC(=O)N1CCc2cc(Br)c(S(=O)(=O)N3CCC[C@H](C(=O)N[C@H]4CCCC[C@@H]4C)C3)cc21. The van der Waals surface area contributed by atoms with Gasteiger partial charge in [-0.15, -0.1) is 0 Å². The van der Waals surface area contributed by atoms with E-state index in [2.05, 4.69) is 28.2 Å². The van der Waals surface area contributed by atoms with Crippen LogP contribution in [0, 0.1) is 11.8 Å². The second kappa shape index (κ2) is 10.0. The zero-order valence-electron chi connectivity index (χ0n) is 19.5. The van der Waals surface area contributed by atoms with Crippen molar-refractivity contribution in [3.05, 3.63) is 22.2 Å². The summed E-state index contributed by atoms with van der Waals surface area (Å²) in [4.78, 5) is 27.2. The first-order chi connectivity index (χ1) is 15.7. The van der Waals surface area contributed by atoms with Crippen molar-refractivity contribution in [2.24, 2.45) is 11.8 Å². The first-order valence-corrected chi connectivity index (χ1v) is 14.4. The molecule has 1 saturated heterocycles. The predicted octanol–water partition coefficient (Wildman–Crippen LogP) is 3.84. The Bertz CT molecular complexity index is 1030. The van der Waals surface area contributed by atoms with Crippen LogP contribution in [-0.2, 0) is 26.0 Å². The van der Waals surface area contributed by atoms with Gasteiger partial charge in [-0.2, -0.15) is 4.31 Å². The van der Waals surface area contributed by atoms with Gasteiger partial charge in [0.2, 0.25) is 21.8 Å². The summed E-state index contributed by atoms with van der Waals surface area (Å²) in [5.41, 5.74) is 1.65. The molecule has 1 N–H and O–H groups in total. The quantitative estimate of drug-likeness (QED) is 0.615. The highest BCUT2D eigenvalue weighted by Gasteiger charge is 2.37. The Morgan fingerprint density at radius 2 is 1.88 bits per heavy atom. The molecule has 2 heterocycles. The molecule has 2 fully saturated rings. The number of hydrogen-bond acceptors (Lipinski definition) is 4. The zero-order valence-corrected chi connectivity index (χ0v) is 21.9. The third-order valence-electron chi connectivity index (χ3n) is 7.44. The van der Waals surface area contributed by atoms with E-state index in [4.69, 9.17) is 0 Å². The summed E-state index contributed by atoms with van der Waals surface area (Å²) in [6.45, 7) is 5.15. The Morgan fingerprint density at radius 3 is 2.61 bits per heavy atom. The third-order valence-corrected chi connectivity index (χ3v) is 10.3. The molecule has 0 spiro atoms. The van der Waals surface area contributed by atoms with Gasteiger partial charge in [-0.1, -0.05) is 26.7 Å². The third kappa shape index (κ3) is 5.00. The van der Waals surface area contributed by atoms with Crippen LogP contribution in [0.2, 0.25) is 0 Å². The Hall–Kier alpha value is -1.45. The summed E-state index contributed by atoms with van der Waals surface area (Å²) >= 11 is 3.45. The van der Waals surface area contributed by atoms with Crippen molar-refractivity contribution in [1.29, 1.82) is 0 Å². The van der Waals surface area contributed by atoms with Crippen molar-refractivity contribution < 1.29 is 18.0 Å². The van der Waals surface area contributed by atoms with Crippen LogP contribution in [0.3, 0.4) is 0 Å². The van der Waals surface area contributed by atoms with Crippen LogP contribution in [0.5, 0.6) is 0 Å². The molecule has 182 valence electrons. The number of fused-ring (bicyclic) bond motifs is 1. The van der Waals surface area contributed by atoms with Crippen LogP contribution in [0.1, 0.15) is 64.4 Å². The summed E-state index contributed by atoms with van der Waals surface area (Å²) in [6.07, 6.45) is 6.90. The number of amides is 2. The summed E-state index contributed by atoms with van der Waals surface area (Å²) in [6, 6.07) is 3.64. The highest BCUT2D eigenvalue weighted by atomic mass is 79.9. The fraction of sp³-hybridized carbons (Fsp3) is 0.667. The number of nitrogens with zero attached hydrogens (tertiary/aromatic N) is 2.